The lowest BCUT2D eigenvalue weighted by molar-refractivity contribution is -0.145. The molecule has 78 valence electrons. The molecule has 0 amide bonds. The molecular formula is C8H8ClF2NO2. The fraction of sp³-hybridized carbons (Fsp3) is 0.250. The second-order valence-corrected chi connectivity index (χ2v) is 2.51. The van der Waals surface area contributed by atoms with Crippen LogP contribution in [-0.4, -0.2) is 16.1 Å². The number of pyridine rings is 1. The van der Waals surface area contributed by atoms with Crippen LogP contribution in [0.25, 0.3) is 0 Å². The highest BCUT2D eigenvalue weighted by molar-refractivity contribution is 5.85. The average molecular weight is 224 g/mol. The molecule has 0 fully saturated rings. The molecule has 1 aromatic heterocycles. The van der Waals surface area contributed by atoms with Crippen LogP contribution in [0.5, 0.6) is 0 Å². The van der Waals surface area contributed by atoms with Gasteiger partial charge in [0.05, 0.1) is 0 Å². The second-order valence-electron chi connectivity index (χ2n) is 2.51. The molecule has 6 heteroatoms. The first-order valence-corrected chi connectivity index (χ1v) is 3.52. The summed E-state index contributed by atoms with van der Waals surface area (Å²) >= 11 is 0. The number of nitrogens with zero attached hydrogens (tertiary/aromatic N) is 1. The van der Waals surface area contributed by atoms with Crippen molar-refractivity contribution in [1.82, 2.24) is 4.98 Å². The summed E-state index contributed by atoms with van der Waals surface area (Å²) in [4.78, 5) is 13.6. The second kappa shape index (κ2) is 4.85. The van der Waals surface area contributed by atoms with Crippen LogP contribution in [0.4, 0.5) is 8.78 Å². The largest absolute Gasteiger partial charge is 0.481 e. The van der Waals surface area contributed by atoms with Gasteiger partial charge in [0.1, 0.15) is 6.42 Å². The van der Waals surface area contributed by atoms with Crippen LogP contribution in [0.1, 0.15) is 12.0 Å². The predicted molar refractivity (Wildman–Crippen MR) is 47.6 cm³/mol. The molecule has 1 N–H and O–H groups in total. The van der Waals surface area contributed by atoms with Crippen molar-refractivity contribution in [1.29, 1.82) is 0 Å². The van der Waals surface area contributed by atoms with Gasteiger partial charge in [0.15, 0.2) is 0 Å². The van der Waals surface area contributed by atoms with Crippen LogP contribution in [-0.2, 0) is 10.7 Å². The van der Waals surface area contributed by atoms with E-state index in [2.05, 4.69) is 4.98 Å². The maximum Gasteiger partial charge on any atom is 0.309 e. The molecule has 0 unspecified atom stereocenters. The van der Waals surface area contributed by atoms with Gasteiger partial charge in [-0.2, -0.15) is 0 Å². The molecule has 0 atom stereocenters. The number of aromatic nitrogens is 1. The van der Waals surface area contributed by atoms with Gasteiger partial charge in [-0.1, -0.05) is 0 Å². The number of hydrogen-bond donors (Lipinski definition) is 1. The zero-order valence-electron chi connectivity index (χ0n) is 6.98. The molecule has 0 saturated carbocycles. The maximum atomic E-state index is 13.0. The highest BCUT2D eigenvalue weighted by Crippen LogP contribution is 2.30. The Bertz CT molecular complexity index is 305. The first kappa shape index (κ1) is 12.8. The third-order valence-electron chi connectivity index (χ3n) is 1.48. The number of carboxylic acid groups (broad SMARTS) is 1. The number of rotatable bonds is 3. The van der Waals surface area contributed by atoms with Crippen molar-refractivity contribution in [2.24, 2.45) is 0 Å². The summed E-state index contributed by atoms with van der Waals surface area (Å²) in [6.45, 7) is 0. The van der Waals surface area contributed by atoms with E-state index in [-0.39, 0.29) is 18.0 Å². The van der Waals surface area contributed by atoms with E-state index in [9.17, 15) is 13.6 Å². The lowest BCUT2D eigenvalue weighted by Gasteiger charge is -2.13. The standard InChI is InChI=1S/C8H7F2NO2.ClH/c9-8(10,5-7(12)13)6-1-3-11-4-2-6;/h1-4H,5H2,(H,12,13);1H. The molecular weight excluding hydrogens is 216 g/mol. The molecule has 1 rings (SSSR count). The summed E-state index contributed by atoms with van der Waals surface area (Å²) in [5.41, 5.74) is -0.329. The predicted octanol–water partition coefficient (Wildman–Crippen LogP) is 2.07. The number of carboxylic acids is 1. The van der Waals surface area contributed by atoms with Crippen molar-refractivity contribution >= 4 is 18.4 Å². The fourth-order valence-electron chi connectivity index (χ4n) is 0.888. The van der Waals surface area contributed by atoms with Gasteiger partial charge in [-0.05, 0) is 12.1 Å². The highest BCUT2D eigenvalue weighted by atomic mass is 35.5. The molecule has 0 aliphatic heterocycles. The first-order chi connectivity index (χ1) is 6.02. The average Bonchev–Trinajstić information content (AvgIpc) is 2.04. The van der Waals surface area contributed by atoms with E-state index in [4.69, 9.17) is 5.11 Å². The number of alkyl halides is 2. The Labute approximate surface area is 85.2 Å². The van der Waals surface area contributed by atoms with Crippen LogP contribution >= 0.6 is 12.4 Å². The minimum absolute atomic E-state index is 0. The van der Waals surface area contributed by atoms with Crippen molar-refractivity contribution < 1.29 is 18.7 Å². The minimum Gasteiger partial charge on any atom is -0.481 e. The van der Waals surface area contributed by atoms with E-state index in [0.717, 1.165) is 12.1 Å². The topological polar surface area (TPSA) is 50.2 Å². The summed E-state index contributed by atoms with van der Waals surface area (Å²) in [7, 11) is 0. The van der Waals surface area contributed by atoms with Crippen LogP contribution in [0.15, 0.2) is 24.5 Å². The number of aliphatic carboxylic acids is 1. The van der Waals surface area contributed by atoms with Crippen LogP contribution in [0, 0.1) is 0 Å². The van der Waals surface area contributed by atoms with Crippen LogP contribution in [0.2, 0.25) is 0 Å². The van der Waals surface area contributed by atoms with E-state index in [0.29, 0.717) is 0 Å². The summed E-state index contributed by atoms with van der Waals surface area (Å²) < 4.78 is 26.0. The number of carbonyl (C=O) groups is 1. The Morgan fingerprint density at radius 1 is 1.43 bits per heavy atom. The molecule has 0 radical (unpaired) electrons. The Kier molecular flexibility index (Phi) is 4.43. The van der Waals surface area contributed by atoms with E-state index in [1.807, 2.05) is 0 Å². The molecule has 0 saturated heterocycles. The van der Waals surface area contributed by atoms with Crippen LogP contribution < -0.4 is 0 Å². The highest BCUT2D eigenvalue weighted by Gasteiger charge is 2.34. The van der Waals surface area contributed by atoms with Gasteiger partial charge in [-0.25, -0.2) is 8.78 Å². The van der Waals surface area contributed by atoms with Crippen molar-refractivity contribution in [3.63, 3.8) is 0 Å². The normalized spacial score (nSPS) is 10.4. The van der Waals surface area contributed by atoms with Gasteiger partial charge in [0.25, 0.3) is 5.92 Å². The van der Waals surface area contributed by atoms with Crippen LogP contribution in [0.3, 0.4) is 0 Å². The van der Waals surface area contributed by atoms with Crippen molar-refractivity contribution in [3.8, 4) is 0 Å². The van der Waals surface area contributed by atoms with Gasteiger partial charge < -0.3 is 5.11 Å². The fourth-order valence-corrected chi connectivity index (χ4v) is 0.888. The SMILES string of the molecule is Cl.O=C(O)CC(F)(F)c1ccncc1. The quantitative estimate of drug-likeness (QED) is 0.854. The van der Waals surface area contributed by atoms with E-state index in [1.54, 1.807) is 0 Å². The zero-order valence-corrected chi connectivity index (χ0v) is 7.80. The number of halogens is 3. The maximum absolute atomic E-state index is 13.0. The Morgan fingerprint density at radius 2 is 1.93 bits per heavy atom. The molecule has 3 nitrogen and oxygen atoms in total. The lowest BCUT2D eigenvalue weighted by atomic mass is 10.1. The van der Waals surface area contributed by atoms with E-state index in [1.165, 1.54) is 12.4 Å². The third-order valence-corrected chi connectivity index (χ3v) is 1.48. The third kappa shape index (κ3) is 3.26. The smallest absolute Gasteiger partial charge is 0.309 e. The Balaban J connectivity index is 0.00000169. The molecule has 0 bridgehead atoms. The van der Waals surface area contributed by atoms with Crippen molar-refractivity contribution in [3.05, 3.63) is 30.1 Å². The minimum atomic E-state index is -3.32. The van der Waals surface area contributed by atoms with Gasteiger partial charge >= 0.3 is 5.97 Å². The molecule has 0 aliphatic rings. The Morgan fingerprint density at radius 3 is 2.36 bits per heavy atom. The van der Waals surface area contributed by atoms with Crippen molar-refractivity contribution in [2.75, 3.05) is 0 Å². The molecule has 1 aromatic rings. The summed E-state index contributed by atoms with van der Waals surface area (Å²) in [6.07, 6.45) is 1.20. The summed E-state index contributed by atoms with van der Waals surface area (Å²) in [6, 6.07) is 2.20. The first-order valence-electron chi connectivity index (χ1n) is 3.52. The lowest BCUT2D eigenvalue weighted by Crippen LogP contribution is -2.18. The van der Waals surface area contributed by atoms with E-state index < -0.39 is 18.3 Å². The van der Waals surface area contributed by atoms with Gasteiger partial charge in [-0.15, -0.1) is 12.4 Å². The van der Waals surface area contributed by atoms with E-state index >= 15 is 0 Å². The molecule has 14 heavy (non-hydrogen) atoms. The van der Waals surface area contributed by atoms with Gasteiger partial charge in [0, 0.05) is 18.0 Å². The molecule has 1 heterocycles. The van der Waals surface area contributed by atoms with Gasteiger partial charge in [-0.3, -0.25) is 9.78 Å². The monoisotopic (exact) mass is 223 g/mol. The Hall–Kier alpha value is -1.23. The van der Waals surface area contributed by atoms with Crippen molar-refractivity contribution in [2.45, 2.75) is 12.3 Å². The molecule has 0 aromatic carbocycles. The molecule has 0 aliphatic carbocycles. The summed E-state index contributed by atoms with van der Waals surface area (Å²) in [5, 5.41) is 8.21. The summed E-state index contributed by atoms with van der Waals surface area (Å²) in [5.74, 6) is -4.85. The molecule has 0 spiro atoms. The zero-order chi connectivity index (χ0) is 9.90. The number of hydrogen-bond acceptors (Lipinski definition) is 2. The van der Waals surface area contributed by atoms with Gasteiger partial charge in [0.2, 0.25) is 0 Å².